The number of phenols is 1. The number of aromatic hydroxyl groups is 1. The van der Waals surface area contributed by atoms with Gasteiger partial charge in [-0.3, -0.25) is 4.18 Å². The van der Waals surface area contributed by atoms with Gasteiger partial charge in [0.1, 0.15) is 5.75 Å². The van der Waals surface area contributed by atoms with Gasteiger partial charge >= 0.3 is 5.97 Å². The van der Waals surface area contributed by atoms with Gasteiger partial charge in [-0.05, 0) is 17.7 Å². The molecule has 2 N–H and O–H groups in total. The van der Waals surface area contributed by atoms with E-state index in [1.54, 1.807) is 0 Å². The Balaban J connectivity index is 2.71. The first kappa shape index (κ1) is 12.5. The number of benzene rings is 1. The Labute approximate surface area is 93.3 Å². The number of thiol groups is 1. The van der Waals surface area contributed by atoms with Gasteiger partial charge in [-0.2, -0.15) is 0 Å². The van der Waals surface area contributed by atoms with Gasteiger partial charge in [-0.15, -0.1) is 0 Å². The summed E-state index contributed by atoms with van der Waals surface area (Å²) in [6.07, 6.45) is 0.190. The molecule has 0 amide bonds. The Morgan fingerprint density at radius 3 is 2.56 bits per heavy atom. The summed E-state index contributed by atoms with van der Waals surface area (Å²) in [6, 6.07) is 3.85. The van der Waals surface area contributed by atoms with Crippen LogP contribution in [0.15, 0.2) is 18.2 Å². The Kier molecular flexibility index (Phi) is 4.27. The Bertz CT molecular complexity index is 457. The van der Waals surface area contributed by atoms with Crippen LogP contribution in [-0.2, 0) is 21.6 Å². The van der Waals surface area contributed by atoms with Gasteiger partial charge in [0.05, 0.1) is 12.2 Å². The molecule has 0 atom stereocenters. The Morgan fingerprint density at radius 2 is 2.06 bits per heavy atom. The van der Waals surface area contributed by atoms with Gasteiger partial charge in [0.25, 0.3) is 11.0 Å². The van der Waals surface area contributed by atoms with E-state index in [1.165, 1.54) is 12.1 Å². The van der Waals surface area contributed by atoms with Crippen LogP contribution in [0, 0.1) is 0 Å². The highest BCUT2D eigenvalue weighted by atomic mass is 32.2. The second-order valence-corrected chi connectivity index (χ2v) is 3.66. The van der Waals surface area contributed by atoms with Crippen LogP contribution >= 0.6 is 0 Å². The van der Waals surface area contributed by atoms with Crippen LogP contribution in [0.1, 0.15) is 15.9 Å². The molecule has 1 rings (SSSR count). The summed E-state index contributed by atoms with van der Waals surface area (Å²) >= 11 is 0. The number of carbonyl (C=O) groups is 1. The van der Waals surface area contributed by atoms with Gasteiger partial charge in [0.2, 0.25) is 0 Å². The summed E-state index contributed by atoms with van der Waals surface area (Å²) in [5.41, 5.74) is 0.402. The van der Waals surface area contributed by atoms with Crippen molar-refractivity contribution in [3.63, 3.8) is 0 Å². The van der Waals surface area contributed by atoms with Crippen molar-refractivity contribution in [1.29, 1.82) is 0 Å². The van der Waals surface area contributed by atoms with Gasteiger partial charge in [0, 0.05) is 6.42 Å². The molecule has 0 spiro atoms. The first-order valence-electron chi connectivity index (χ1n) is 4.33. The minimum atomic E-state index is -2.90. The molecule has 6 nitrogen and oxygen atoms in total. The molecule has 7 heteroatoms. The van der Waals surface area contributed by atoms with Crippen molar-refractivity contribution in [1.82, 2.24) is 0 Å². The molecule has 0 aliphatic carbocycles. The maximum Gasteiger partial charge on any atom is 0.335 e. The third-order valence-corrected chi connectivity index (χ3v) is 2.29. The largest absolute Gasteiger partial charge is 0.508 e. The third-order valence-electron chi connectivity index (χ3n) is 1.90. The van der Waals surface area contributed by atoms with E-state index in [4.69, 9.17) is 5.11 Å². The van der Waals surface area contributed by atoms with Crippen molar-refractivity contribution in [3.05, 3.63) is 29.3 Å². The van der Waals surface area contributed by atoms with Gasteiger partial charge < -0.3 is 10.2 Å². The minimum Gasteiger partial charge on any atom is -0.508 e. The molecule has 1 aromatic carbocycles. The highest BCUT2D eigenvalue weighted by Gasteiger charge is 2.07. The molecule has 0 bridgehead atoms. The highest BCUT2D eigenvalue weighted by Crippen LogP contribution is 2.19. The van der Waals surface area contributed by atoms with E-state index >= 15 is 0 Å². The van der Waals surface area contributed by atoms with E-state index in [9.17, 15) is 18.3 Å². The zero-order valence-electron chi connectivity index (χ0n) is 8.12. The fourth-order valence-corrected chi connectivity index (χ4v) is 1.38. The predicted octanol–water partition coefficient (Wildman–Crippen LogP) is 0.176. The number of hydrogen-bond donors (Lipinski definition) is 3. The number of carboxylic acid groups (broad SMARTS) is 1. The summed E-state index contributed by atoms with van der Waals surface area (Å²) in [7, 11) is -2.90. The lowest BCUT2D eigenvalue weighted by Crippen LogP contribution is -2.00. The van der Waals surface area contributed by atoms with Crippen molar-refractivity contribution in [3.8, 4) is 5.75 Å². The second-order valence-electron chi connectivity index (χ2n) is 2.96. The topological polar surface area (TPSA) is 101 Å². The molecule has 0 unspecified atom stereocenters. The molecular weight excluding hydrogens is 236 g/mol. The normalized spacial score (nSPS) is 10.6. The van der Waals surface area contributed by atoms with E-state index in [0.29, 0.717) is 5.56 Å². The summed E-state index contributed by atoms with van der Waals surface area (Å²) in [6.45, 7) is -0.0846. The highest BCUT2D eigenvalue weighted by molar-refractivity contribution is 7.67. The Hall–Kier alpha value is -1.60. The standard InChI is InChI=1S/C9H10O6S/c10-8-5-7(9(11)12)2-1-6(8)3-4-15-16(13)14/h1-2,5,10,16H,3-4H2,(H,11,12). The molecule has 88 valence electrons. The van der Waals surface area contributed by atoms with Gasteiger partial charge in [-0.1, -0.05) is 6.07 Å². The number of hydrogen-bond acceptors (Lipinski definition) is 5. The van der Waals surface area contributed by atoms with Crippen LogP contribution in [0.2, 0.25) is 0 Å². The van der Waals surface area contributed by atoms with Crippen LogP contribution in [0.3, 0.4) is 0 Å². The first-order chi connectivity index (χ1) is 7.50. The summed E-state index contributed by atoms with van der Waals surface area (Å²) in [5.74, 6) is -1.33. The predicted molar refractivity (Wildman–Crippen MR) is 55.0 cm³/mol. The van der Waals surface area contributed by atoms with Crippen LogP contribution in [0.5, 0.6) is 5.75 Å². The second kappa shape index (κ2) is 5.47. The number of aromatic carboxylic acids is 1. The molecule has 0 aromatic heterocycles. The smallest absolute Gasteiger partial charge is 0.335 e. The lowest BCUT2D eigenvalue weighted by Gasteiger charge is -2.04. The lowest BCUT2D eigenvalue weighted by atomic mass is 10.1. The van der Waals surface area contributed by atoms with Gasteiger partial charge in [-0.25, -0.2) is 13.2 Å². The number of rotatable bonds is 5. The lowest BCUT2D eigenvalue weighted by molar-refractivity contribution is 0.0696. The number of carboxylic acids is 1. The van der Waals surface area contributed by atoms with Crippen molar-refractivity contribution in [2.24, 2.45) is 0 Å². The third kappa shape index (κ3) is 3.52. The molecule has 1 aromatic rings. The van der Waals surface area contributed by atoms with Crippen LogP contribution in [0.4, 0.5) is 0 Å². The van der Waals surface area contributed by atoms with Gasteiger partial charge in [0.15, 0.2) is 0 Å². The van der Waals surface area contributed by atoms with Crippen molar-refractivity contribution in [2.75, 3.05) is 6.61 Å². The van der Waals surface area contributed by atoms with Crippen LogP contribution < -0.4 is 0 Å². The molecule has 0 radical (unpaired) electrons. The zero-order valence-corrected chi connectivity index (χ0v) is 9.02. The van der Waals surface area contributed by atoms with E-state index in [1.807, 2.05) is 0 Å². The average Bonchev–Trinajstić information content (AvgIpc) is 2.19. The minimum absolute atomic E-state index is 0.0305. The Morgan fingerprint density at radius 1 is 1.38 bits per heavy atom. The van der Waals surface area contributed by atoms with Crippen LogP contribution in [-0.4, -0.2) is 31.2 Å². The van der Waals surface area contributed by atoms with E-state index in [-0.39, 0.29) is 24.3 Å². The zero-order chi connectivity index (χ0) is 12.1. The van der Waals surface area contributed by atoms with E-state index in [0.717, 1.165) is 6.07 Å². The monoisotopic (exact) mass is 246 g/mol. The molecular formula is C9H10O6S. The maximum atomic E-state index is 10.6. The molecule has 0 saturated heterocycles. The fourth-order valence-electron chi connectivity index (χ4n) is 1.14. The SMILES string of the molecule is O=C(O)c1ccc(CCO[SH](=O)=O)c(O)c1. The molecule has 0 fully saturated rings. The maximum absolute atomic E-state index is 10.6. The molecule has 0 aliphatic rings. The average molecular weight is 246 g/mol. The molecule has 0 aliphatic heterocycles. The molecule has 0 heterocycles. The van der Waals surface area contributed by atoms with E-state index < -0.39 is 17.0 Å². The molecule has 16 heavy (non-hydrogen) atoms. The number of phenolic OH excluding ortho intramolecular Hbond substituents is 1. The fraction of sp³-hybridized carbons (Fsp3) is 0.222. The molecule has 0 saturated carbocycles. The van der Waals surface area contributed by atoms with Crippen LogP contribution in [0.25, 0.3) is 0 Å². The van der Waals surface area contributed by atoms with Crippen molar-refractivity contribution < 1.29 is 27.6 Å². The van der Waals surface area contributed by atoms with Crippen molar-refractivity contribution in [2.45, 2.75) is 6.42 Å². The van der Waals surface area contributed by atoms with E-state index in [2.05, 4.69) is 4.18 Å². The first-order valence-corrected chi connectivity index (χ1v) is 5.42. The summed E-state index contributed by atoms with van der Waals surface area (Å²) in [5, 5.41) is 18.1. The summed E-state index contributed by atoms with van der Waals surface area (Å²) in [4.78, 5) is 10.6. The quantitative estimate of drug-likeness (QED) is 0.640. The summed E-state index contributed by atoms with van der Waals surface area (Å²) < 4.78 is 24.5. The van der Waals surface area contributed by atoms with Crippen molar-refractivity contribution >= 4 is 17.0 Å².